The number of rotatable bonds is 11. The van der Waals surface area contributed by atoms with Crippen LogP contribution >= 0.6 is 34.8 Å². The zero-order valence-corrected chi connectivity index (χ0v) is 23.2. The average molecular weight is 563 g/mol. The monoisotopic (exact) mass is 561 g/mol. The molecule has 0 aliphatic carbocycles. The Hall–Kier alpha value is -2.00. The van der Waals surface area contributed by atoms with Crippen LogP contribution < -0.4 is 9.62 Å². The highest BCUT2D eigenvalue weighted by Gasteiger charge is 2.32. The first-order valence-corrected chi connectivity index (χ1v) is 14.1. The molecule has 2 rings (SSSR count). The summed E-state index contributed by atoms with van der Waals surface area (Å²) in [6, 6.07) is 8.88. The molecule has 35 heavy (non-hydrogen) atoms. The van der Waals surface area contributed by atoms with Gasteiger partial charge in [-0.2, -0.15) is 0 Å². The molecule has 11 heteroatoms. The SMILES string of the molecule is CCCNC(=O)[C@H](CC)N(Cc1ccc(Cl)c(Cl)c1)C(=O)CN(c1ccc(Cl)cc1C)S(C)(=O)=O. The summed E-state index contributed by atoms with van der Waals surface area (Å²) in [5.74, 6) is -0.842. The van der Waals surface area contributed by atoms with Crippen molar-refractivity contribution in [2.24, 2.45) is 0 Å². The largest absolute Gasteiger partial charge is 0.354 e. The van der Waals surface area contributed by atoms with Crippen molar-refractivity contribution in [3.8, 4) is 0 Å². The Morgan fingerprint density at radius 1 is 1.03 bits per heavy atom. The molecule has 0 aliphatic rings. The van der Waals surface area contributed by atoms with Crippen LogP contribution in [0, 0.1) is 6.92 Å². The standard InChI is InChI=1S/C24H30Cl3N3O4S/c1-5-11-28-24(32)21(6-2)29(14-17-7-9-19(26)20(27)13-17)23(31)15-30(35(4,33)34)22-10-8-18(25)12-16(22)3/h7-10,12-13,21H,5-6,11,14-15H2,1-4H3,(H,28,32)/t21-/m0/s1. The van der Waals surface area contributed by atoms with Crippen molar-refractivity contribution in [2.45, 2.75) is 46.2 Å². The van der Waals surface area contributed by atoms with Gasteiger partial charge < -0.3 is 10.2 Å². The average Bonchev–Trinajstić information content (AvgIpc) is 2.77. The van der Waals surface area contributed by atoms with E-state index in [9.17, 15) is 18.0 Å². The van der Waals surface area contributed by atoms with Gasteiger partial charge in [-0.1, -0.05) is 54.7 Å². The summed E-state index contributed by atoms with van der Waals surface area (Å²) in [5.41, 5.74) is 1.59. The van der Waals surface area contributed by atoms with Gasteiger partial charge in [0.2, 0.25) is 21.8 Å². The molecule has 0 saturated heterocycles. The molecule has 0 bridgehead atoms. The first kappa shape index (κ1) is 29.2. The number of amides is 2. The number of benzene rings is 2. The number of carbonyl (C=O) groups excluding carboxylic acids is 2. The Bertz CT molecular complexity index is 1170. The summed E-state index contributed by atoms with van der Waals surface area (Å²) in [6.45, 7) is 5.46. The lowest BCUT2D eigenvalue weighted by atomic mass is 10.1. The maximum absolute atomic E-state index is 13.6. The van der Waals surface area contributed by atoms with Gasteiger partial charge in [-0.05, 0) is 61.2 Å². The fourth-order valence-electron chi connectivity index (χ4n) is 3.61. The Labute approximate surface area is 222 Å². The van der Waals surface area contributed by atoms with Crippen molar-refractivity contribution in [3.63, 3.8) is 0 Å². The number of sulfonamides is 1. The highest BCUT2D eigenvalue weighted by atomic mass is 35.5. The van der Waals surface area contributed by atoms with Gasteiger partial charge in [0.15, 0.2) is 0 Å². The number of anilines is 1. The zero-order chi connectivity index (χ0) is 26.3. The molecule has 1 atom stereocenters. The minimum atomic E-state index is -3.83. The summed E-state index contributed by atoms with van der Waals surface area (Å²) in [4.78, 5) is 28.0. The van der Waals surface area contributed by atoms with Crippen LogP contribution in [0.5, 0.6) is 0 Å². The van der Waals surface area contributed by atoms with E-state index in [4.69, 9.17) is 34.8 Å². The van der Waals surface area contributed by atoms with E-state index in [1.807, 2.05) is 6.92 Å². The van der Waals surface area contributed by atoms with E-state index in [0.717, 1.165) is 17.0 Å². The van der Waals surface area contributed by atoms with Gasteiger partial charge in [-0.3, -0.25) is 13.9 Å². The van der Waals surface area contributed by atoms with Crippen molar-refractivity contribution in [3.05, 3.63) is 62.6 Å². The molecular weight excluding hydrogens is 533 g/mol. The maximum Gasteiger partial charge on any atom is 0.244 e. The van der Waals surface area contributed by atoms with Gasteiger partial charge in [-0.25, -0.2) is 8.42 Å². The van der Waals surface area contributed by atoms with E-state index < -0.39 is 28.5 Å². The molecule has 0 saturated carbocycles. The minimum Gasteiger partial charge on any atom is -0.354 e. The normalized spacial score (nSPS) is 12.2. The van der Waals surface area contributed by atoms with Crippen LogP contribution in [0.15, 0.2) is 36.4 Å². The van der Waals surface area contributed by atoms with E-state index in [0.29, 0.717) is 44.8 Å². The van der Waals surface area contributed by atoms with E-state index in [-0.39, 0.29) is 12.5 Å². The lowest BCUT2D eigenvalue weighted by molar-refractivity contribution is -0.140. The predicted molar refractivity (Wildman–Crippen MR) is 143 cm³/mol. The first-order valence-electron chi connectivity index (χ1n) is 11.1. The highest BCUT2D eigenvalue weighted by Crippen LogP contribution is 2.27. The topological polar surface area (TPSA) is 86.8 Å². The molecule has 0 fully saturated rings. The van der Waals surface area contributed by atoms with Crippen LogP contribution in [0.25, 0.3) is 0 Å². The third-order valence-corrected chi connectivity index (χ3v) is 7.48. The third-order valence-electron chi connectivity index (χ3n) is 5.38. The van der Waals surface area contributed by atoms with Crippen molar-refractivity contribution >= 4 is 62.3 Å². The number of hydrogen-bond acceptors (Lipinski definition) is 4. The van der Waals surface area contributed by atoms with Gasteiger partial charge >= 0.3 is 0 Å². The van der Waals surface area contributed by atoms with Crippen molar-refractivity contribution < 1.29 is 18.0 Å². The van der Waals surface area contributed by atoms with Gasteiger partial charge in [0.25, 0.3) is 0 Å². The van der Waals surface area contributed by atoms with Crippen LogP contribution in [-0.4, -0.2) is 50.5 Å². The number of carbonyl (C=O) groups is 2. The highest BCUT2D eigenvalue weighted by molar-refractivity contribution is 7.92. The van der Waals surface area contributed by atoms with Crippen LogP contribution in [0.3, 0.4) is 0 Å². The van der Waals surface area contributed by atoms with Gasteiger partial charge in [-0.15, -0.1) is 0 Å². The number of nitrogens with one attached hydrogen (secondary N) is 1. The lowest BCUT2D eigenvalue weighted by Crippen LogP contribution is -2.52. The Morgan fingerprint density at radius 3 is 2.26 bits per heavy atom. The molecular formula is C24H30Cl3N3O4S. The predicted octanol–water partition coefficient (Wildman–Crippen LogP) is 5.05. The zero-order valence-electron chi connectivity index (χ0n) is 20.1. The van der Waals surface area contributed by atoms with Crippen molar-refractivity contribution in [1.29, 1.82) is 0 Å². The molecule has 1 N–H and O–H groups in total. The molecule has 0 radical (unpaired) electrons. The number of nitrogens with zero attached hydrogens (tertiary/aromatic N) is 2. The van der Waals surface area contributed by atoms with Gasteiger partial charge in [0.1, 0.15) is 12.6 Å². The molecule has 2 aromatic carbocycles. The molecule has 0 aromatic heterocycles. The van der Waals surface area contributed by atoms with E-state index in [1.54, 1.807) is 50.2 Å². The third kappa shape index (κ3) is 8.00. The fraction of sp³-hybridized carbons (Fsp3) is 0.417. The molecule has 0 unspecified atom stereocenters. The van der Waals surface area contributed by atoms with Crippen LogP contribution in [0.4, 0.5) is 5.69 Å². The second kappa shape index (κ2) is 12.8. The Morgan fingerprint density at radius 2 is 1.71 bits per heavy atom. The maximum atomic E-state index is 13.6. The van der Waals surface area contributed by atoms with Gasteiger partial charge in [0, 0.05) is 18.1 Å². The second-order valence-corrected chi connectivity index (χ2v) is 11.3. The van der Waals surface area contributed by atoms with E-state index in [1.165, 1.54) is 4.90 Å². The molecule has 2 amide bonds. The quantitative estimate of drug-likeness (QED) is 0.415. The first-order chi connectivity index (χ1) is 16.4. The summed E-state index contributed by atoms with van der Waals surface area (Å²) < 4.78 is 26.4. The number of hydrogen-bond donors (Lipinski definition) is 1. The van der Waals surface area contributed by atoms with Crippen LogP contribution in [-0.2, 0) is 26.2 Å². The molecule has 192 valence electrons. The molecule has 0 heterocycles. The number of halogens is 3. The molecule has 0 spiro atoms. The minimum absolute atomic E-state index is 0.0466. The van der Waals surface area contributed by atoms with E-state index >= 15 is 0 Å². The lowest BCUT2D eigenvalue weighted by Gasteiger charge is -2.33. The Kier molecular flexibility index (Phi) is 10.7. The Balaban J connectivity index is 2.48. The fourth-order valence-corrected chi connectivity index (χ4v) is 5.07. The summed E-state index contributed by atoms with van der Waals surface area (Å²) in [6.07, 6.45) is 2.10. The summed E-state index contributed by atoms with van der Waals surface area (Å²) in [7, 11) is -3.83. The number of aryl methyl sites for hydroxylation is 1. The van der Waals surface area contributed by atoms with Crippen molar-refractivity contribution in [1.82, 2.24) is 10.2 Å². The molecule has 7 nitrogen and oxygen atoms in total. The van der Waals surface area contributed by atoms with Gasteiger partial charge in [0.05, 0.1) is 22.0 Å². The molecule has 2 aromatic rings. The smallest absolute Gasteiger partial charge is 0.244 e. The van der Waals surface area contributed by atoms with Crippen LogP contribution in [0.2, 0.25) is 15.1 Å². The summed E-state index contributed by atoms with van der Waals surface area (Å²) in [5, 5.41) is 3.96. The molecule has 0 aliphatic heterocycles. The summed E-state index contributed by atoms with van der Waals surface area (Å²) >= 11 is 18.2. The second-order valence-electron chi connectivity index (χ2n) is 8.19. The van der Waals surface area contributed by atoms with E-state index in [2.05, 4.69) is 5.32 Å². The van der Waals surface area contributed by atoms with Crippen LogP contribution in [0.1, 0.15) is 37.8 Å². The van der Waals surface area contributed by atoms with Crippen molar-refractivity contribution in [2.75, 3.05) is 23.7 Å².